The summed E-state index contributed by atoms with van der Waals surface area (Å²) in [6, 6.07) is 4.28. The molecule has 4 saturated carbocycles. The Hall–Kier alpha value is 1.63. The molecule has 4 aliphatic carbocycles. The second-order valence-electron chi connectivity index (χ2n) is 8.49. The maximum atomic E-state index is 11.1. The Labute approximate surface area is 229 Å². The minimum absolute atomic E-state index is 0. The van der Waals surface area contributed by atoms with E-state index in [0.717, 1.165) is 32.1 Å². The molecule has 1 aromatic carbocycles. The number of hydrogen-bond donors (Lipinski definition) is 0. The van der Waals surface area contributed by atoms with Gasteiger partial charge in [0.25, 0.3) is 5.79 Å². The fourth-order valence-electron chi connectivity index (χ4n) is 6.28. The zero-order valence-corrected chi connectivity index (χ0v) is 23.5. The van der Waals surface area contributed by atoms with Crippen molar-refractivity contribution in [1.29, 1.82) is 0 Å². The number of phosphoric acid groups is 1. The van der Waals surface area contributed by atoms with E-state index in [2.05, 4.69) is 4.52 Å². The van der Waals surface area contributed by atoms with Gasteiger partial charge < -0.3 is 23.6 Å². The van der Waals surface area contributed by atoms with Crippen LogP contribution in [-0.4, -0.2) is 17.6 Å². The number of methoxy groups -OCH3 is 1. The van der Waals surface area contributed by atoms with Crippen molar-refractivity contribution in [2.24, 2.45) is 17.8 Å². The number of ether oxygens (including phenoxy) is 1. The number of rotatable bonds is 4. The van der Waals surface area contributed by atoms with Crippen molar-refractivity contribution in [2.75, 3.05) is 7.11 Å². The van der Waals surface area contributed by atoms with E-state index in [1.54, 1.807) is 6.07 Å². The molecule has 12 heteroatoms. The summed E-state index contributed by atoms with van der Waals surface area (Å²) in [5.41, 5.74) is -0.286. The number of hydrogen-bond acceptors (Lipinski definition) is 7. The second kappa shape index (κ2) is 8.69. The van der Waals surface area contributed by atoms with Crippen LogP contribution in [0.4, 0.5) is 0 Å². The summed E-state index contributed by atoms with van der Waals surface area (Å²) in [7, 11) is -3.73. The number of phosphoric ester groups is 1. The summed E-state index contributed by atoms with van der Waals surface area (Å²) in [5.74, 6) is -0.626. The standard InChI is InChI=1S/C18H21Cl2O7P.2Na/c1-24-18(11-4-14(19)6-15(5-11)25-28(21,22)23)17(26-27-18)12-2-10-3-13(17)9-16(20,7-10)8-12;;/h4-6,10,12-13H,2-3,7-9H2,1H3,(H2,21,22,23);;/q;2*+1/p-2. The Bertz CT molecular complexity index is 864. The minimum Gasteiger partial charge on any atom is -0.780 e. The zero-order valence-electron chi connectivity index (χ0n) is 17.1. The van der Waals surface area contributed by atoms with Crippen LogP contribution < -0.4 is 73.4 Å². The molecule has 3 atom stereocenters. The first-order valence-electron chi connectivity index (χ1n) is 9.23. The fourth-order valence-corrected chi connectivity index (χ4v) is 7.46. The van der Waals surface area contributed by atoms with Crippen LogP contribution in [0.5, 0.6) is 5.75 Å². The van der Waals surface area contributed by atoms with Crippen LogP contribution in [0.25, 0.3) is 0 Å². The quantitative estimate of drug-likeness (QED) is 0.189. The Balaban J connectivity index is 0.00000128. The third kappa shape index (κ3) is 3.93. The van der Waals surface area contributed by atoms with Gasteiger partial charge in [0.1, 0.15) is 13.6 Å². The summed E-state index contributed by atoms with van der Waals surface area (Å²) in [5, 5.41) is 0.195. The number of halogens is 2. The van der Waals surface area contributed by atoms with Crippen molar-refractivity contribution < 1.29 is 92.5 Å². The second-order valence-corrected chi connectivity index (χ2v) is 10.8. The average Bonchev–Trinajstić information content (AvgIpc) is 2.50. The van der Waals surface area contributed by atoms with Crippen molar-refractivity contribution in [2.45, 2.75) is 48.4 Å². The van der Waals surface area contributed by atoms with Gasteiger partial charge in [0.15, 0.2) is 5.60 Å². The predicted molar refractivity (Wildman–Crippen MR) is 95.4 cm³/mol. The van der Waals surface area contributed by atoms with Gasteiger partial charge in [0, 0.05) is 22.6 Å². The monoisotopic (exact) mass is 494 g/mol. The van der Waals surface area contributed by atoms with E-state index in [4.69, 9.17) is 37.7 Å². The first-order valence-corrected chi connectivity index (χ1v) is 11.4. The molecule has 154 valence electrons. The topological polar surface area (TPSA) is 100 Å². The van der Waals surface area contributed by atoms with Crippen LogP contribution in [0, 0.1) is 17.8 Å². The van der Waals surface area contributed by atoms with Crippen molar-refractivity contribution >= 4 is 31.0 Å². The molecule has 1 saturated heterocycles. The molecule has 0 amide bonds. The molecule has 3 unspecified atom stereocenters. The van der Waals surface area contributed by atoms with E-state index in [9.17, 15) is 14.4 Å². The van der Waals surface area contributed by atoms with Gasteiger partial charge in [-0.2, -0.15) is 4.89 Å². The van der Waals surface area contributed by atoms with E-state index in [-0.39, 0.29) is 86.6 Å². The molecule has 1 heterocycles. The first kappa shape index (κ1) is 26.2. The van der Waals surface area contributed by atoms with Gasteiger partial charge in [-0.05, 0) is 68.1 Å². The molecule has 5 fully saturated rings. The van der Waals surface area contributed by atoms with Crippen LogP contribution in [-0.2, 0) is 24.9 Å². The van der Waals surface area contributed by atoms with E-state index in [1.165, 1.54) is 19.2 Å². The SMILES string of the molecule is COC1(c2cc(Cl)cc(OP(=O)([O-])[O-])c2)OOC12C1CC3CC2CC(Cl)(C3)C1.[Na+].[Na+]. The Morgan fingerprint density at radius 3 is 2.20 bits per heavy atom. The van der Waals surface area contributed by atoms with E-state index in [0.29, 0.717) is 11.5 Å². The maximum Gasteiger partial charge on any atom is 1.00 e. The fraction of sp³-hybridized carbons (Fsp3) is 0.667. The molecule has 1 spiro atoms. The predicted octanol–water partition coefficient (Wildman–Crippen LogP) is -3.13. The van der Waals surface area contributed by atoms with Gasteiger partial charge in [-0.15, -0.1) is 11.6 Å². The molecule has 4 bridgehead atoms. The molecular formula is C18H19Cl2Na2O7P. The maximum absolute atomic E-state index is 11.1. The van der Waals surface area contributed by atoms with Crippen molar-refractivity contribution in [3.63, 3.8) is 0 Å². The normalized spacial score (nSPS) is 41.0. The van der Waals surface area contributed by atoms with Crippen LogP contribution in [0.1, 0.15) is 37.7 Å². The molecule has 0 aromatic heterocycles. The van der Waals surface area contributed by atoms with Crippen molar-refractivity contribution in [3.8, 4) is 5.75 Å². The summed E-state index contributed by atoms with van der Waals surface area (Å²) >= 11 is 13.0. The zero-order chi connectivity index (χ0) is 19.9. The van der Waals surface area contributed by atoms with Gasteiger partial charge in [-0.25, -0.2) is 4.89 Å². The van der Waals surface area contributed by atoms with Crippen molar-refractivity contribution in [3.05, 3.63) is 28.8 Å². The van der Waals surface area contributed by atoms with Gasteiger partial charge in [-0.3, -0.25) is 0 Å². The van der Waals surface area contributed by atoms with Crippen LogP contribution in [0.2, 0.25) is 5.02 Å². The van der Waals surface area contributed by atoms with Crippen LogP contribution >= 0.6 is 31.0 Å². The van der Waals surface area contributed by atoms with E-state index >= 15 is 0 Å². The van der Waals surface area contributed by atoms with Gasteiger partial charge in [-0.1, -0.05) is 11.6 Å². The summed E-state index contributed by atoms with van der Waals surface area (Å²) in [6.45, 7) is 0. The van der Waals surface area contributed by atoms with Gasteiger partial charge in [0.2, 0.25) is 0 Å². The smallest absolute Gasteiger partial charge is 0.780 e. The number of alkyl halides is 1. The third-order valence-corrected chi connectivity index (χ3v) is 8.01. The molecule has 6 rings (SSSR count). The molecule has 7 nitrogen and oxygen atoms in total. The molecule has 5 aliphatic rings. The van der Waals surface area contributed by atoms with Crippen LogP contribution in [0.15, 0.2) is 18.2 Å². The molecular weight excluding hydrogens is 476 g/mol. The summed E-state index contributed by atoms with van der Waals surface area (Å²) in [6.07, 6.45) is 4.57. The van der Waals surface area contributed by atoms with Crippen molar-refractivity contribution in [1.82, 2.24) is 0 Å². The first-order chi connectivity index (χ1) is 13.1. The Kier molecular flexibility index (Phi) is 7.60. The number of benzene rings is 1. The van der Waals surface area contributed by atoms with Gasteiger partial charge in [0.05, 0.1) is 0 Å². The minimum atomic E-state index is -5.24. The summed E-state index contributed by atoms with van der Waals surface area (Å²) < 4.78 is 21.5. The molecule has 1 aromatic rings. The van der Waals surface area contributed by atoms with Crippen LogP contribution in [0.3, 0.4) is 0 Å². The molecule has 30 heavy (non-hydrogen) atoms. The molecule has 0 N–H and O–H groups in total. The average molecular weight is 495 g/mol. The van der Waals surface area contributed by atoms with Gasteiger partial charge >= 0.3 is 59.1 Å². The Morgan fingerprint density at radius 2 is 1.73 bits per heavy atom. The summed E-state index contributed by atoms with van der Waals surface area (Å²) in [4.78, 5) is 33.4. The Morgan fingerprint density at radius 1 is 1.10 bits per heavy atom. The van der Waals surface area contributed by atoms with E-state index < -0.39 is 19.2 Å². The molecule has 1 aliphatic heterocycles. The third-order valence-electron chi connectivity index (χ3n) is 6.89. The molecule has 0 radical (unpaired) electrons. The largest absolute Gasteiger partial charge is 1.00 e. The van der Waals surface area contributed by atoms with E-state index in [1.807, 2.05) is 0 Å².